The van der Waals surface area contributed by atoms with Gasteiger partial charge in [0, 0.05) is 17.6 Å². The number of benzene rings is 1. The second kappa shape index (κ2) is 7.67. The van der Waals surface area contributed by atoms with E-state index < -0.39 is 0 Å². The number of aryl methyl sites for hydroxylation is 1. The number of hydrogen-bond acceptors (Lipinski definition) is 6. The highest BCUT2D eigenvalue weighted by atomic mass is 32.2. The minimum absolute atomic E-state index is 0.0878. The van der Waals surface area contributed by atoms with Crippen LogP contribution in [0.25, 0.3) is 11.0 Å². The highest BCUT2D eigenvalue weighted by molar-refractivity contribution is 7.97. The molecule has 1 aliphatic rings. The Labute approximate surface area is 162 Å². The van der Waals surface area contributed by atoms with Crippen LogP contribution in [0.5, 0.6) is 0 Å². The maximum absolute atomic E-state index is 12.0. The summed E-state index contributed by atoms with van der Waals surface area (Å²) in [6, 6.07) is 10.4. The second-order valence-electron chi connectivity index (χ2n) is 6.53. The number of hydrogen-bond donors (Lipinski definition) is 0. The maximum Gasteiger partial charge on any atom is 0.241 e. The quantitative estimate of drug-likeness (QED) is 0.610. The summed E-state index contributed by atoms with van der Waals surface area (Å²) in [4.78, 5) is 23.5. The van der Waals surface area contributed by atoms with Crippen molar-refractivity contribution >= 4 is 28.9 Å². The van der Waals surface area contributed by atoms with Crippen molar-refractivity contribution in [1.29, 1.82) is 0 Å². The van der Waals surface area contributed by atoms with Crippen LogP contribution in [0.15, 0.2) is 47.6 Å². The van der Waals surface area contributed by atoms with Gasteiger partial charge in [0.25, 0.3) is 0 Å². The van der Waals surface area contributed by atoms with Gasteiger partial charge in [0.2, 0.25) is 5.91 Å². The van der Waals surface area contributed by atoms with Crippen LogP contribution in [0.2, 0.25) is 0 Å². The van der Waals surface area contributed by atoms with Crippen molar-refractivity contribution in [3.8, 4) is 0 Å². The molecular formula is C19H21N5O2S. The van der Waals surface area contributed by atoms with Crippen LogP contribution < -0.4 is 0 Å². The molecule has 0 atom stereocenters. The number of fused-ring (bicyclic) bond motifs is 1. The summed E-state index contributed by atoms with van der Waals surface area (Å²) in [7, 11) is 1.92. The topological polar surface area (TPSA) is 63.5 Å². The molecule has 1 saturated heterocycles. The third-order valence-electron chi connectivity index (χ3n) is 4.47. The lowest BCUT2D eigenvalue weighted by Crippen LogP contribution is -2.47. The number of imidazole rings is 1. The first kappa shape index (κ1) is 18.0. The van der Waals surface area contributed by atoms with Crippen LogP contribution in [0, 0.1) is 6.92 Å². The number of aromatic nitrogens is 3. The summed E-state index contributed by atoms with van der Waals surface area (Å²) in [6.07, 6.45) is 3.59. The lowest BCUT2D eigenvalue weighted by Gasteiger charge is -2.31. The van der Waals surface area contributed by atoms with Crippen molar-refractivity contribution in [2.24, 2.45) is 0 Å². The minimum atomic E-state index is 0.0878. The first-order valence-electron chi connectivity index (χ1n) is 8.70. The third-order valence-corrected chi connectivity index (χ3v) is 5.40. The fourth-order valence-electron chi connectivity index (χ4n) is 2.97. The summed E-state index contributed by atoms with van der Waals surface area (Å²) in [5, 5.41) is 0. The van der Waals surface area contributed by atoms with E-state index in [9.17, 15) is 4.79 Å². The van der Waals surface area contributed by atoms with Crippen molar-refractivity contribution in [1.82, 2.24) is 23.7 Å². The highest BCUT2D eigenvalue weighted by Gasteiger charge is 2.22. The van der Waals surface area contributed by atoms with Crippen LogP contribution in [0.4, 0.5) is 0 Å². The molecule has 0 N–H and O–H groups in total. The monoisotopic (exact) mass is 383 g/mol. The summed E-state index contributed by atoms with van der Waals surface area (Å²) >= 11 is 1.56. The number of rotatable bonds is 6. The minimum Gasteiger partial charge on any atom is -0.340 e. The zero-order valence-corrected chi connectivity index (χ0v) is 16.1. The molecule has 0 radical (unpaired) electrons. The van der Waals surface area contributed by atoms with Crippen molar-refractivity contribution in [3.05, 3.63) is 54.1 Å². The summed E-state index contributed by atoms with van der Waals surface area (Å²) < 4.78 is 9.15. The summed E-state index contributed by atoms with van der Waals surface area (Å²) in [5.74, 6) is 1.06. The highest BCUT2D eigenvalue weighted by Crippen LogP contribution is 2.23. The van der Waals surface area contributed by atoms with E-state index in [2.05, 4.69) is 38.8 Å². The molecule has 0 aliphatic carbocycles. The van der Waals surface area contributed by atoms with Gasteiger partial charge in [-0.25, -0.2) is 9.29 Å². The molecule has 0 bridgehead atoms. The lowest BCUT2D eigenvalue weighted by atomic mass is 10.2. The number of likely N-dealkylation sites (N-methyl/N-ethyl adjacent to an activating group) is 1. The molecule has 27 heavy (non-hydrogen) atoms. The Morgan fingerprint density at radius 1 is 1.26 bits per heavy atom. The summed E-state index contributed by atoms with van der Waals surface area (Å²) in [6.45, 7) is 3.96. The molecule has 8 heteroatoms. The standard InChI is InChI=1S/C19H21N5O2S/c1-14-21-17-9-20-8-7-18(17)24(14)10-15-3-5-16(6-4-15)27-22(2)11-19(25)23-12-26-13-23/h3-9H,10-13H2,1-2H3. The predicted molar refractivity (Wildman–Crippen MR) is 104 cm³/mol. The molecule has 2 aromatic heterocycles. The van der Waals surface area contributed by atoms with Crippen LogP contribution in [-0.2, 0) is 16.1 Å². The molecule has 0 spiro atoms. The van der Waals surface area contributed by atoms with E-state index >= 15 is 0 Å². The molecule has 0 unspecified atom stereocenters. The first-order chi connectivity index (χ1) is 13.1. The van der Waals surface area contributed by atoms with Gasteiger partial charge in [-0.15, -0.1) is 0 Å². The Bertz CT molecular complexity index is 952. The number of carbonyl (C=O) groups is 1. The van der Waals surface area contributed by atoms with E-state index in [0.717, 1.165) is 28.3 Å². The van der Waals surface area contributed by atoms with E-state index in [0.29, 0.717) is 20.0 Å². The number of nitrogens with zero attached hydrogens (tertiary/aromatic N) is 5. The molecule has 140 valence electrons. The van der Waals surface area contributed by atoms with Crippen LogP contribution in [0.1, 0.15) is 11.4 Å². The molecule has 1 aromatic carbocycles. The predicted octanol–water partition coefficient (Wildman–Crippen LogP) is 2.50. The zero-order valence-electron chi connectivity index (χ0n) is 15.3. The van der Waals surface area contributed by atoms with Gasteiger partial charge in [0.1, 0.15) is 24.8 Å². The van der Waals surface area contributed by atoms with Gasteiger partial charge in [0.15, 0.2) is 0 Å². The molecular weight excluding hydrogens is 362 g/mol. The molecule has 3 aromatic rings. The van der Waals surface area contributed by atoms with Crippen LogP contribution in [-0.4, -0.2) is 56.7 Å². The van der Waals surface area contributed by atoms with Crippen molar-refractivity contribution in [3.63, 3.8) is 0 Å². The van der Waals surface area contributed by atoms with Crippen LogP contribution in [0.3, 0.4) is 0 Å². The molecule has 1 amide bonds. The number of pyridine rings is 1. The number of carbonyl (C=O) groups excluding carboxylic acids is 1. The normalized spacial score (nSPS) is 14.0. The SMILES string of the molecule is Cc1nc2cnccc2n1Cc1ccc(SN(C)CC(=O)N2COC2)cc1. The van der Waals surface area contributed by atoms with Crippen molar-refractivity contribution < 1.29 is 9.53 Å². The Morgan fingerprint density at radius 3 is 2.74 bits per heavy atom. The smallest absolute Gasteiger partial charge is 0.241 e. The molecule has 4 rings (SSSR count). The second-order valence-corrected chi connectivity index (χ2v) is 7.80. The van der Waals surface area contributed by atoms with E-state index in [1.165, 1.54) is 5.56 Å². The van der Waals surface area contributed by atoms with Crippen molar-refractivity contribution in [2.45, 2.75) is 18.4 Å². The maximum atomic E-state index is 12.0. The Morgan fingerprint density at radius 2 is 2.04 bits per heavy atom. The van der Waals surface area contributed by atoms with Crippen LogP contribution >= 0.6 is 11.9 Å². The average Bonchev–Trinajstić information content (AvgIpc) is 2.90. The Balaban J connectivity index is 1.39. The van der Waals surface area contributed by atoms with E-state index in [1.54, 1.807) is 29.2 Å². The van der Waals surface area contributed by atoms with Gasteiger partial charge < -0.3 is 9.30 Å². The van der Waals surface area contributed by atoms with Crippen molar-refractivity contribution in [2.75, 3.05) is 27.1 Å². The van der Waals surface area contributed by atoms with Gasteiger partial charge in [-0.05, 0) is 49.7 Å². The molecule has 0 saturated carbocycles. The van der Waals surface area contributed by atoms with E-state index in [4.69, 9.17) is 4.74 Å². The molecule has 7 nitrogen and oxygen atoms in total. The van der Waals surface area contributed by atoms with Gasteiger partial charge >= 0.3 is 0 Å². The zero-order chi connectivity index (χ0) is 18.8. The van der Waals surface area contributed by atoms with E-state index in [-0.39, 0.29) is 5.91 Å². The van der Waals surface area contributed by atoms with Gasteiger partial charge in [-0.1, -0.05) is 12.1 Å². The van der Waals surface area contributed by atoms with Gasteiger partial charge in [-0.3, -0.25) is 14.7 Å². The molecule has 1 aliphatic heterocycles. The largest absolute Gasteiger partial charge is 0.340 e. The number of amides is 1. The average molecular weight is 383 g/mol. The lowest BCUT2D eigenvalue weighted by molar-refractivity contribution is -0.175. The fourth-order valence-corrected chi connectivity index (χ4v) is 3.76. The third kappa shape index (κ3) is 3.97. The summed E-state index contributed by atoms with van der Waals surface area (Å²) in [5.41, 5.74) is 3.21. The van der Waals surface area contributed by atoms with Gasteiger partial charge in [0.05, 0.1) is 18.3 Å². The van der Waals surface area contributed by atoms with Gasteiger partial charge in [-0.2, -0.15) is 0 Å². The molecule has 1 fully saturated rings. The Kier molecular flexibility index (Phi) is 5.11. The van der Waals surface area contributed by atoms with E-state index in [1.807, 2.05) is 24.3 Å². The Hall–Kier alpha value is -2.42. The molecule has 3 heterocycles. The first-order valence-corrected chi connectivity index (χ1v) is 9.48. The fraction of sp³-hybridized carbons (Fsp3) is 0.316. The number of ether oxygens (including phenoxy) is 1.